The van der Waals surface area contributed by atoms with Crippen LogP contribution in [0.3, 0.4) is 0 Å². The average molecular weight is 288 g/mol. The zero-order valence-electron chi connectivity index (χ0n) is 10.5. The molecule has 1 rings (SSSR count). The van der Waals surface area contributed by atoms with E-state index in [1.54, 1.807) is 6.33 Å². The standard InChI is InChI=1S/C12H22BrN3/c1-4-6-7-12(5-2,9-13)8-11-14-10-15-16(11)3/h10H,4-9H2,1-3H3. The van der Waals surface area contributed by atoms with Gasteiger partial charge in [0.15, 0.2) is 0 Å². The molecular weight excluding hydrogens is 266 g/mol. The van der Waals surface area contributed by atoms with Crippen molar-refractivity contribution in [3.05, 3.63) is 12.2 Å². The Hall–Kier alpha value is -0.380. The Kier molecular flexibility index (Phi) is 5.46. The number of nitrogens with zero attached hydrogens (tertiary/aromatic N) is 3. The minimum absolute atomic E-state index is 0.344. The van der Waals surface area contributed by atoms with Crippen LogP contribution in [-0.4, -0.2) is 20.1 Å². The van der Waals surface area contributed by atoms with Crippen LogP contribution in [-0.2, 0) is 13.5 Å². The molecule has 0 N–H and O–H groups in total. The molecule has 0 aliphatic rings. The van der Waals surface area contributed by atoms with Crippen LogP contribution in [0.25, 0.3) is 0 Å². The van der Waals surface area contributed by atoms with Crippen molar-refractivity contribution in [2.24, 2.45) is 12.5 Å². The molecule has 0 spiro atoms. The van der Waals surface area contributed by atoms with Gasteiger partial charge in [-0.15, -0.1) is 0 Å². The maximum atomic E-state index is 4.34. The first-order valence-electron chi connectivity index (χ1n) is 6.06. The van der Waals surface area contributed by atoms with Crippen molar-refractivity contribution in [2.45, 2.75) is 46.0 Å². The number of aryl methyl sites for hydroxylation is 1. The summed E-state index contributed by atoms with van der Waals surface area (Å²) < 4.78 is 1.89. The first-order valence-corrected chi connectivity index (χ1v) is 7.18. The summed E-state index contributed by atoms with van der Waals surface area (Å²) in [7, 11) is 1.97. The summed E-state index contributed by atoms with van der Waals surface area (Å²) in [5.74, 6) is 1.09. The molecule has 1 aromatic heterocycles. The molecule has 4 heteroatoms. The molecule has 0 radical (unpaired) electrons. The van der Waals surface area contributed by atoms with Gasteiger partial charge in [0.1, 0.15) is 12.2 Å². The molecule has 0 saturated heterocycles. The normalized spacial score (nSPS) is 15.0. The first-order chi connectivity index (χ1) is 7.67. The molecule has 0 aromatic carbocycles. The Balaban J connectivity index is 2.73. The minimum Gasteiger partial charge on any atom is -0.253 e. The van der Waals surface area contributed by atoms with Gasteiger partial charge in [0.05, 0.1) is 0 Å². The van der Waals surface area contributed by atoms with Crippen LogP contribution < -0.4 is 0 Å². The second kappa shape index (κ2) is 6.38. The van der Waals surface area contributed by atoms with E-state index in [-0.39, 0.29) is 0 Å². The molecule has 16 heavy (non-hydrogen) atoms. The fraction of sp³-hybridized carbons (Fsp3) is 0.833. The molecule has 92 valence electrons. The molecule has 0 aliphatic heterocycles. The smallest absolute Gasteiger partial charge is 0.138 e. The number of halogens is 1. The van der Waals surface area contributed by atoms with Gasteiger partial charge in [0, 0.05) is 18.8 Å². The molecule has 1 atom stereocenters. The second-order valence-corrected chi connectivity index (χ2v) is 5.13. The van der Waals surface area contributed by atoms with Crippen LogP contribution in [0.15, 0.2) is 6.33 Å². The first kappa shape index (κ1) is 13.7. The maximum Gasteiger partial charge on any atom is 0.138 e. The van der Waals surface area contributed by atoms with E-state index in [4.69, 9.17) is 0 Å². The Morgan fingerprint density at radius 1 is 1.44 bits per heavy atom. The van der Waals surface area contributed by atoms with Crippen molar-refractivity contribution in [1.29, 1.82) is 0 Å². The van der Waals surface area contributed by atoms with Gasteiger partial charge in [0.25, 0.3) is 0 Å². The van der Waals surface area contributed by atoms with E-state index < -0.39 is 0 Å². The SMILES string of the molecule is CCCCC(CC)(CBr)Cc1ncnn1C. The molecule has 0 aliphatic carbocycles. The van der Waals surface area contributed by atoms with E-state index in [0.29, 0.717) is 5.41 Å². The van der Waals surface area contributed by atoms with E-state index in [9.17, 15) is 0 Å². The molecule has 0 fully saturated rings. The highest BCUT2D eigenvalue weighted by atomic mass is 79.9. The van der Waals surface area contributed by atoms with Gasteiger partial charge in [-0.25, -0.2) is 4.98 Å². The topological polar surface area (TPSA) is 30.7 Å². The lowest BCUT2D eigenvalue weighted by atomic mass is 9.79. The fourth-order valence-electron chi connectivity index (χ4n) is 1.97. The lowest BCUT2D eigenvalue weighted by molar-refractivity contribution is 0.274. The van der Waals surface area contributed by atoms with Crippen molar-refractivity contribution in [1.82, 2.24) is 14.8 Å². The predicted octanol–water partition coefficient (Wildman–Crippen LogP) is 3.34. The van der Waals surface area contributed by atoms with Gasteiger partial charge in [0.2, 0.25) is 0 Å². The molecular formula is C12H22BrN3. The Morgan fingerprint density at radius 2 is 2.19 bits per heavy atom. The summed E-state index contributed by atoms with van der Waals surface area (Å²) in [6, 6.07) is 0. The summed E-state index contributed by atoms with van der Waals surface area (Å²) in [6.07, 6.45) is 7.66. The molecule has 1 heterocycles. The highest BCUT2D eigenvalue weighted by Crippen LogP contribution is 2.34. The van der Waals surface area contributed by atoms with Crippen molar-refractivity contribution < 1.29 is 0 Å². The lowest BCUT2D eigenvalue weighted by Crippen LogP contribution is -2.26. The van der Waals surface area contributed by atoms with E-state index in [1.165, 1.54) is 25.7 Å². The molecule has 1 unspecified atom stereocenters. The molecule has 1 aromatic rings. The highest BCUT2D eigenvalue weighted by Gasteiger charge is 2.28. The number of hydrogen-bond donors (Lipinski definition) is 0. The van der Waals surface area contributed by atoms with Crippen LogP contribution in [0.1, 0.15) is 45.4 Å². The van der Waals surface area contributed by atoms with Crippen LogP contribution in [0, 0.1) is 5.41 Å². The number of hydrogen-bond acceptors (Lipinski definition) is 2. The van der Waals surface area contributed by atoms with Crippen molar-refractivity contribution in [3.8, 4) is 0 Å². The third kappa shape index (κ3) is 3.30. The Labute approximate surface area is 107 Å². The highest BCUT2D eigenvalue weighted by molar-refractivity contribution is 9.09. The number of rotatable bonds is 7. The van der Waals surface area contributed by atoms with Gasteiger partial charge in [-0.2, -0.15) is 5.10 Å². The molecule has 0 amide bonds. The summed E-state index contributed by atoms with van der Waals surface area (Å²) in [5.41, 5.74) is 0.344. The van der Waals surface area contributed by atoms with Crippen molar-refractivity contribution in [2.75, 3.05) is 5.33 Å². The third-order valence-corrected chi connectivity index (χ3v) is 4.62. The fourth-order valence-corrected chi connectivity index (χ4v) is 2.84. The van der Waals surface area contributed by atoms with Gasteiger partial charge in [-0.1, -0.05) is 42.6 Å². The van der Waals surface area contributed by atoms with Gasteiger partial charge in [-0.05, 0) is 18.3 Å². The Bertz CT molecular complexity index is 305. The minimum atomic E-state index is 0.344. The summed E-state index contributed by atoms with van der Waals surface area (Å²) in [4.78, 5) is 4.34. The monoisotopic (exact) mass is 287 g/mol. The molecule has 0 saturated carbocycles. The number of alkyl halides is 1. The average Bonchev–Trinajstić information content (AvgIpc) is 2.70. The predicted molar refractivity (Wildman–Crippen MR) is 70.8 cm³/mol. The molecule has 0 bridgehead atoms. The van der Waals surface area contributed by atoms with Crippen LogP contribution in [0.5, 0.6) is 0 Å². The largest absolute Gasteiger partial charge is 0.253 e. The zero-order chi connectivity index (χ0) is 12.0. The summed E-state index contributed by atoms with van der Waals surface area (Å²) in [6.45, 7) is 4.52. The van der Waals surface area contributed by atoms with E-state index >= 15 is 0 Å². The van der Waals surface area contributed by atoms with Crippen LogP contribution in [0.2, 0.25) is 0 Å². The second-order valence-electron chi connectivity index (χ2n) is 4.57. The van der Waals surface area contributed by atoms with Gasteiger partial charge in [-0.3, -0.25) is 4.68 Å². The summed E-state index contributed by atoms with van der Waals surface area (Å²) >= 11 is 3.68. The van der Waals surface area contributed by atoms with E-state index in [2.05, 4.69) is 39.9 Å². The number of unbranched alkanes of at least 4 members (excludes halogenated alkanes) is 1. The van der Waals surface area contributed by atoms with Crippen LogP contribution in [0.4, 0.5) is 0 Å². The van der Waals surface area contributed by atoms with E-state index in [1.807, 2.05) is 11.7 Å². The van der Waals surface area contributed by atoms with Crippen LogP contribution >= 0.6 is 15.9 Å². The molecule has 3 nitrogen and oxygen atoms in total. The van der Waals surface area contributed by atoms with Crippen molar-refractivity contribution >= 4 is 15.9 Å². The van der Waals surface area contributed by atoms with Gasteiger partial charge >= 0.3 is 0 Å². The maximum absolute atomic E-state index is 4.34. The third-order valence-electron chi connectivity index (χ3n) is 3.43. The lowest BCUT2D eigenvalue weighted by Gasteiger charge is -2.30. The quantitative estimate of drug-likeness (QED) is 0.720. The zero-order valence-corrected chi connectivity index (χ0v) is 12.1. The van der Waals surface area contributed by atoms with Crippen molar-refractivity contribution in [3.63, 3.8) is 0 Å². The summed E-state index contributed by atoms with van der Waals surface area (Å²) in [5, 5.41) is 5.18. The number of aromatic nitrogens is 3. The van der Waals surface area contributed by atoms with Gasteiger partial charge < -0.3 is 0 Å². The Morgan fingerprint density at radius 3 is 2.62 bits per heavy atom. The van der Waals surface area contributed by atoms with E-state index in [0.717, 1.165) is 17.6 Å².